The summed E-state index contributed by atoms with van der Waals surface area (Å²) in [6.07, 6.45) is 1.38. The Kier molecular flexibility index (Phi) is 5.48. The van der Waals surface area contributed by atoms with Gasteiger partial charge in [-0.2, -0.15) is 14.9 Å². The van der Waals surface area contributed by atoms with E-state index in [4.69, 9.17) is 21.7 Å². The lowest BCUT2D eigenvalue weighted by Gasteiger charge is -2.09. The highest BCUT2D eigenvalue weighted by Crippen LogP contribution is 2.31. The van der Waals surface area contributed by atoms with Crippen LogP contribution in [0.25, 0.3) is 11.4 Å². The molecular formula is C17H14BrFN4O2S. The Morgan fingerprint density at radius 1 is 1.19 bits per heavy atom. The standard InChI is InChI=1S/C17H14BrFN4O2S/c1-24-14-6-3-10(8-15(14)25-2)16-21-22-17(26)23(16)20-9-11-7-12(18)4-5-13(11)19/h3-9H,1-2H3,(H,22,26)/b20-9+. The number of ether oxygens (including phenoxy) is 2. The zero-order valence-electron chi connectivity index (χ0n) is 13.9. The molecule has 1 N–H and O–H groups in total. The van der Waals surface area contributed by atoms with E-state index in [1.165, 1.54) is 17.0 Å². The van der Waals surface area contributed by atoms with Crippen molar-refractivity contribution in [1.82, 2.24) is 14.9 Å². The topological polar surface area (TPSA) is 64.4 Å². The molecule has 0 radical (unpaired) electrons. The first-order valence-corrected chi connectivity index (χ1v) is 8.63. The summed E-state index contributed by atoms with van der Waals surface area (Å²) in [5, 5.41) is 11.2. The van der Waals surface area contributed by atoms with Crippen LogP contribution in [0.2, 0.25) is 0 Å². The van der Waals surface area contributed by atoms with Crippen molar-refractivity contribution in [3.63, 3.8) is 0 Å². The lowest BCUT2D eigenvalue weighted by atomic mass is 10.2. The Morgan fingerprint density at radius 3 is 2.69 bits per heavy atom. The number of aromatic nitrogens is 3. The van der Waals surface area contributed by atoms with Crippen LogP contribution in [-0.2, 0) is 0 Å². The summed E-state index contributed by atoms with van der Waals surface area (Å²) in [6, 6.07) is 9.92. The van der Waals surface area contributed by atoms with Crippen molar-refractivity contribution in [2.75, 3.05) is 14.2 Å². The second kappa shape index (κ2) is 7.79. The van der Waals surface area contributed by atoms with Gasteiger partial charge in [-0.05, 0) is 48.6 Å². The SMILES string of the molecule is COc1ccc(-c2n[nH]c(=S)n2/N=C/c2cc(Br)ccc2F)cc1OC. The Morgan fingerprint density at radius 2 is 1.96 bits per heavy atom. The van der Waals surface area contributed by atoms with E-state index in [0.717, 1.165) is 4.47 Å². The quantitative estimate of drug-likeness (QED) is 0.475. The molecule has 0 unspecified atom stereocenters. The molecule has 1 aromatic heterocycles. The molecule has 3 rings (SSSR count). The molecule has 0 fully saturated rings. The van der Waals surface area contributed by atoms with Crippen LogP contribution < -0.4 is 9.47 Å². The number of hydrogen-bond acceptors (Lipinski definition) is 5. The number of benzene rings is 2. The molecule has 9 heteroatoms. The fourth-order valence-electron chi connectivity index (χ4n) is 2.29. The minimum Gasteiger partial charge on any atom is -0.493 e. The van der Waals surface area contributed by atoms with E-state index in [-0.39, 0.29) is 10.6 Å². The lowest BCUT2D eigenvalue weighted by Crippen LogP contribution is -1.97. The molecule has 0 bridgehead atoms. The summed E-state index contributed by atoms with van der Waals surface area (Å²) in [4.78, 5) is 0. The third-order valence-electron chi connectivity index (χ3n) is 3.56. The van der Waals surface area contributed by atoms with Gasteiger partial charge in [0.25, 0.3) is 0 Å². The maximum Gasteiger partial charge on any atom is 0.216 e. The summed E-state index contributed by atoms with van der Waals surface area (Å²) in [5.74, 6) is 1.21. The molecule has 26 heavy (non-hydrogen) atoms. The number of H-pyrrole nitrogens is 1. The van der Waals surface area contributed by atoms with Crippen LogP contribution in [0, 0.1) is 10.6 Å². The number of aromatic amines is 1. The van der Waals surface area contributed by atoms with Crippen LogP contribution in [0.4, 0.5) is 4.39 Å². The van der Waals surface area contributed by atoms with Crippen molar-refractivity contribution >= 4 is 34.4 Å². The van der Waals surface area contributed by atoms with Crippen molar-refractivity contribution in [3.8, 4) is 22.9 Å². The average Bonchev–Trinajstić information content (AvgIpc) is 3.02. The van der Waals surface area contributed by atoms with E-state index in [1.54, 1.807) is 44.6 Å². The third-order valence-corrected chi connectivity index (χ3v) is 4.32. The molecule has 1 heterocycles. The van der Waals surface area contributed by atoms with Gasteiger partial charge < -0.3 is 9.47 Å². The molecule has 0 spiro atoms. The third kappa shape index (κ3) is 3.68. The summed E-state index contributed by atoms with van der Waals surface area (Å²) in [6.45, 7) is 0. The van der Waals surface area contributed by atoms with Crippen molar-refractivity contribution in [2.24, 2.45) is 5.10 Å². The largest absolute Gasteiger partial charge is 0.493 e. The lowest BCUT2D eigenvalue weighted by molar-refractivity contribution is 0.355. The predicted octanol–water partition coefficient (Wildman–Crippen LogP) is 4.41. The Balaban J connectivity index is 2.04. The smallest absolute Gasteiger partial charge is 0.216 e. The first-order chi connectivity index (χ1) is 12.5. The van der Waals surface area contributed by atoms with Crippen LogP contribution >= 0.6 is 28.1 Å². The van der Waals surface area contributed by atoms with E-state index in [9.17, 15) is 4.39 Å². The number of methoxy groups -OCH3 is 2. The Labute approximate surface area is 162 Å². The van der Waals surface area contributed by atoms with Gasteiger partial charge in [-0.25, -0.2) is 9.49 Å². The molecule has 134 valence electrons. The molecule has 2 aromatic carbocycles. The maximum absolute atomic E-state index is 13.9. The molecule has 0 aliphatic rings. The van der Waals surface area contributed by atoms with Gasteiger partial charge in [-0.1, -0.05) is 15.9 Å². The van der Waals surface area contributed by atoms with Crippen LogP contribution in [0.15, 0.2) is 46.0 Å². The molecule has 0 aliphatic carbocycles. The van der Waals surface area contributed by atoms with Crippen molar-refractivity contribution in [2.45, 2.75) is 0 Å². The first kappa shape index (κ1) is 18.3. The first-order valence-electron chi connectivity index (χ1n) is 7.42. The van der Waals surface area contributed by atoms with Crippen molar-refractivity contribution in [3.05, 3.63) is 57.0 Å². The van der Waals surface area contributed by atoms with Gasteiger partial charge in [0.15, 0.2) is 17.3 Å². The van der Waals surface area contributed by atoms with Crippen molar-refractivity contribution < 1.29 is 13.9 Å². The minimum absolute atomic E-state index is 0.279. The monoisotopic (exact) mass is 436 g/mol. The van der Waals surface area contributed by atoms with E-state index in [1.807, 2.05) is 0 Å². The molecular weight excluding hydrogens is 423 g/mol. The fraction of sp³-hybridized carbons (Fsp3) is 0.118. The Hall–Kier alpha value is -2.52. The highest BCUT2D eigenvalue weighted by atomic mass is 79.9. The molecule has 0 aliphatic heterocycles. The summed E-state index contributed by atoms with van der Waals surface area (Å²) >= 11 is 8.54. The number of hydrogen-bond donors (Lipinski definition) is 1. The highest BCUT2D eigenvalue weighted by Gasteiger charge is 2.12. The second-order valence-electron chi connectivity index (χ2n) is 5.14. The van der Waals surface area contributed by atoms with Gasteiger partial charge in [0.05, 0.1) is 20.4 Å². The molecule has 0 atom stereocenters. The van der Waals surface area contributed by atoms with Gasteiger partial charge in [-0.15, -0.1) is 0 Å². The Bertz CT molecular complexity index is 1030. The fourth-order valence-corrected chi connectivity index (χ4v) is 2.85. The van der Waals surface area contributed by atoms with Gasteiger partial charge in [0, 0.05) is 15.6 Å². The van der Waals surface area contributed by atoms with Gasteiger partial charge in [0.2, 0.25) is 4.77 Å². The van der Waals surface area contributed by atoms with Gasteiger partial charge >= 0.3 is 0 Å². The van der Waals surface area contributed by atoms with Gasteiger partial charge in [-0.3, -0.25) is 0 Å². The predicted molar refractivity (Wildman–Crippen MR) is 103 cm³/mol. The summed E-state index contributed by atoms with van der Waals surface area (Å²) < 4.78 is 26.9. The van der Waals surface area contributed by atoms with E-state index in [0.29, 0.717) is 28.5 Å². The van der Waals surface area contributed by atoms with Gasteiger partial charge in [0.1, 0.15) is 5.82 Å². The summed E-state index contributed by atoms with van der Waals surface area (Å²) in [7, 11) is 3.11. The van der Waals surface area contributed by atoms with E-state index < -0.39 is 0 Å². The van der Waals surface area contributed by atoms with Crippen LogP contribution in [0.5, 0.6) is 11.5 Å². The molecule has 0 amide bonds. The average molecular weight is 437 g/mol. The van der Waals surface area contributed by atoms with Crippen molar-refractivity contribution in [1.29, 1.82) is 0 Å². The van der Waals surface area contributed by atoms with Crippen LogP contribution in [0.3, 0.4) is 0 Å². The zero-order chi connectivity index (χ0) is 18.7. The van der Waals surface area contributed by atoms with E-state index >= 15 is 0 Å². The highest BCUT2D eigenvalue weighted by molar-refractivity contribution is 9.10. The normalized spacial score (nSPS) is 11.1. The molecule has 0 saturated heterocycles. The minimum atomic E-state index is -0.389. The maximum atomic E-state index is 13.9. The van der Waals surface area contributed by atoms with E-state index in [2.05, 4.69) is 31.2 Å². The zero-order valence-corrected chi connectivity index (χ0v) is 16.3. The van der Waals surface area contributed by atoms with Crippen LogP contribution in [0.1, 0.15) is 5.56 Å². The number of nitrogens with one attached hydrogen (secondary N) is 1. The number of nitrogens with zero attached hydrogens (tertiary/aromatic N) is 3. The summed E-state index contributed by atoms with van der Waals surface area (Å²) in [5.41, 5.74) is 1.03. The number of halogens is 2. The number of rotatable bonds is 5. The molecule has 6 nitrogen and oxygen atoms in total. The molecule has 0 saturated carbocycles. The molecule has 3 aromatic rings. The van der Waals surface area contributed by atoms with Crippen LogP contribution in [-0.4, -0.2) is 35.3 Å². The second-order valence-corrected chi connectivity index (χ2v) is 6.45.